The number of carbonyl (C=O) groups excluding carboxylic acids is 2. The standard InChI is InChI=1S/C21H25N3O4S/c1-13-10-15(3)19(16(4)11-13)23-21(26)20(25)22-18-12-17(7-6-14(18)2)24-8-5-9-29(24,27)28/h6-7,10-12H,5,8-9H2,1-4H3,(H,22,25)(H,23,26). The molecule has 1 aliphatic heterocycles. The predicted molar refractivity (Wildman–Crippen MR) is 115 cm³/mol. The van der Waals surface area contributed by atoms with Crippen LogP contribution in [0.3, 0.4) is 0 Å². The van der Waals surface area contributed by atoms with Gasteiger partial charge in [0.05, 0.1) is 11.4 Å². The van der Waals surface area contributed by atoms with Crippen molar-refractivity contribution in [3.05, 3.63) is 52.6 Å². The molecule has 1 heterocycles. The van der Waals surface area contributed by atoms with Gasteiger partial charge in [-0.25, -0.2) is 8.42 Å². The summed E-state index contributed by atoms with van der Waals surface area (Å²) < 4.78 is 25.6. The molecule has 7 nitrogen and oxygen atoms in total. The number of sulfonamides is 1. The number of rotatable bonds is 3. The molecule has 1 aliphatic rings. The number of carbonyl (C=O) groups is 2. The van der Waals surface area contributed by atoms with Gasteiger partial charge in [-0.2, -0.15) is 0 Å². The van der Waals surface area contributed by atoms with Crippen LogP contribution in [0.1, 0.15) is 28.7 Å². The van der Waals surface area contributed by atoms with Crippen LogP contribution < -0.4 is 14.9 Å². The minimum Gasteiger partial charge on any atom is -0.317 e. The van der Waals surface area contributed by atoms with E-state index in [1.165, 1.54) is 4.31 Å². The molecule has 0 aromatic heterocycles. The number of amides is 2. The highest BCUT2D eigenvalue weighted by Gasteiger charge is 2.29. The van der Waals surface area contributed by atoms with Gasteiger partial charge in [-0.1, -0.05) is 23.8 Å². The van der Waals surface area contributed by atoms with Crippen molar-refractivity contribution in [1.82, 2.24) is 0 Å². The predicted octanol–water partition coefficient (Wildman–Crippen LogP) is 3.04. The van der Waals surface area contributed by atoms with Crippen molar-refractivity contribution in [3.63, 3.8) is 0 Å². The Morgan fingerprint density at radius 1 is 0.897 bits per heavy atom. The maximum Gasteiger partial charge on any atom is 0.314 e. The largest absolute Gasteiger partial charge is 0.317 e. The van der Waals surface area contributed by atoms with E-state index in [-0.39, 0.29) is 5.75 Å². The molecule has 0 atom stereocenters. The molecule has 0 aliphatic carbocycles. The maximum absolute atomic E-state index is 12.5. The third-order valence-corrected chi connectivity index (χ3v) is 6.85. The number of nitrogens with one attached hydrogen (secondary N) is 2. The number of anilines is 3. The summed E-state index contributed by atoms with van der Waals surface area (Å²) in [7, 11) is -3.33. The van der Waals surface area contributed by atoms with E-state index in [9.17, 15) is 18.0 Å². The lowest BCUT2D eigenvalue weighted by atomic mass is 10.1. The minimum atomic E-state index is -3.33. The van der Waals surface area contributed by atoms with Crippen LogP contribution in [-0.4, -0.2) is 32.5 Å². The van der Waals surface area contributed by atoms with Crippen LogP contribution in [0.25, 0.3) is 0 Å². The minimum absolute atomic E-state index is 0.111. The lowest BCUT2D eigenvalue weighted by Crippen LogP contribution is -2.30. The number of benzene rings is 2. The van der Waals surface area contributed by atoms with E-state index in [0.29, 0.717) is 30.0 Å². The fraction of sp³-hybridized carbons (Fsp3) is 0.333. The third kappa shape index (κ3) is 4.42. The first kappa shape index (κ1) is 20.9. The Hall–Kier alpha value is -2.87. The molecule has 0 radical (unpaired) electrons. The van der Waals surface area contributed by atoms with Gasteiger partial charge in [-0.05, 0) is 62.9 Å². The van der Waals surface area contributed by atoms with E-state index in [0.717, 1.165) is 22.3 Å². The van der Waals surface area contributed by atoms with Crippen molar-refractivity contribution in [2.45, 2.75) is 34.1 Å². The van der Waals surface area contributed by atoms with Gasteiger partial charge in [0.1, 0.15) is 0 Å². The molecule has 3 rings (SSSR count). The first-order valence-corrected chi connectivity index (χ1v) is 11.0. The second kappa shape index (κ2) is 7.87. The molecule has 2 aromatic carbocycles. The van der Waals surface area contributed by atoms with E-state index in [1.807, 2.05) is 32.9 Å². The van der Waals surface area contributed by atoms with Crippen molar-refractivity contribution >= 4 is 38.9 Å². The molecule has 154 valence electrons. The average Bonchev–Trinajstić information content (AvgIpc) is 2.98. The molecule has 2 aromatic rings. The van der Waals surface area contributed by atoms with Gasteiger partial charge in [0, 0.05) is 17.9 Å². The topological polar surface area (TPSA) is 95.6 Å². The van der Waals surface area contributed by atoms with Crippen LogP contribution in [0.15, 0.2) is 30.3 Å². The number of hydrogen-bond acceptors (Lipinski definition) is 4. The van der Waals surface area contributed by atoms with Crippen molar-refractivity contribution in [3.8, 4) is 0 Å². The maximum atomic E-state index is 12.5. The lowest BCUT2D eigenvalue weighted by molar-refractivity contribution is -0.133. The molecule has 1 saturated heterocycles. The average molecular weight is 416 g/mol. The van der Waals surface area contributed by atoms with Gasteiger partial charge in [0.25, 0.3) is 0 Å². The van der Waals surface area contributed by atoms with Crippen LogP contribution in [0.2, 0.25) is 0 Å². The normalized spacial score (nSPS) is 15.2. The van der Waals surface area contributed by atoms with Crippen molar-refractivity contribution in [1.29, 1.82) is 0 Å². The zero-order valence-corrected chi connectivity index (χ0v) is 17.8. The first-order chi connectivity index (χ1) is 13.6. The highest BCUT2D eigenvalue weighted by Crippen LogP contribution is 2.28. The van der Waals surface area contributed by atoms with Crippen LogP contribution in [-0.2, 0) is 19.6 Å². The highest BCUT2D eigenvalue weighted by molar-refractivity contribution is 7.93. The lowest BCUT2D eigenvalue weighted by Gasteiger charge is -2.19. The van der Waals surface area contributed by atoms with Crippen molar-refractivity contribution in [2.24, 2.45) is 0 Å². The quantitative estimate of drug-likeness (QED) is 0.753. The Bertz CT molecular complexity index is 1070. The van der Waals surface area contributed by atoms with Gasteiger partial charge in [-0.15, -0.1) is 0 Å². The van der Waals surface area contributed by atoms with Crippen LogP contribution in [0.5, 0.6) is 0 Å². The van der Waals surface area contributed by atoms with E-state index < -0.39 is 21.8 Å². The van der Waals surface area contributed by atoms with E-state index in [1.54, 1.807) is 25.1 Å². The second-order valence-electron chi connectivity index (χ2n) is 7.42. The number of aryl methyl sites for hydroxylation is 4. The monoisotopic (exact) mass is 415 g/mol. The molecule has 2 N–H and O–H groups in total. The molecule has 1 fully saturated rings. The van der Waals surface area contributed by atoms with Crippen LogP contribution in [0, 0.1) is 27.7 Å². The van der Waals surface area contributed by atoms with Crippen molar-refractivity contribution < 1.29 is 18.0 Å². The smallest absolute Gasteiger partial charge is 0.314 e. The molecule has 29 heavy (non-hydrogen) atoms. The summed E-state index contributed by atoms with van der Waals surface area (Å²) in [4.78, 5) is 24.9. The van der Waals surface area contributed by atoms with Gasteiger partial charge >= 0.3 is 11.8 Å². The molecular formula is C21H25N3O4S. The Morgan fingerprint density at radius 2 is 1.52 bits per heavy atom. The Kier molecular flexibility index (Phi) is 5.66. The SMILES string of the molecule is Cc1cc(C)c(NC(=O)C(=O)Nc2cc(N3CCCS3(=O)=O)ccc2C)c(C)c1. The third-order valence-electron chi connectivity index (χ3n) is 4.98. The zero-order valence-electron chi connectivity index (χ0n) is 17.0. The molecule has 0 spiro atoms. The van der Waals surface area contributed by atoms with Gasteiger partial charge in [-0.3, -0.25) is 13.9 Å². The Labute approximate surface area is 171 Å². The summed E-state index contributed by atoms with van der Waals surface area (Å²) in [6.45, 7) is 7.90. The zero-order chi connectivity index (χ0) is 21.3. The molecule has 0 unspecified atom stereocenters. The second-order valence-corrected chi connectivity index (χ2v) is 9.44. The van der Waals surface area contributed by atoms with Crippen LogP contribution >= 0.6 is 0 Å². The molecule has 8 heteroatoms. The summed E-state index contributed by atoms with van der Waals surface area (Å²) in [5.74, 6) is -1.48. The van der Waals surface area contributed by atoms with E-state index >= 15 is 0 Å². The Morgan fingerprint density at radius 3 is 2.10 bits per heavy atom. The van der Waals surface area contributed by atoms with Crippen molar-refractivity contribution in [2.75, 3.05) is 27.2 Å². The summed E-state index contributed by atoms with van der Waals surface area (Å²) in [5.41, 5.74) is 5.06. The summed E-state index contributed by atoms with van der Waals surface area (Å²) in [6.07, 6.45) is 0.565. The summed E-state index contributed by atoms with van der Waals surface area (Å²) >= 11 is 0. The molecule has 2 amide bonds. The Balaban J connectivity index is 1.78. The summed E-state index contributed by atoms with van der Waals surface area (Å²) in [6, 6.07) is 8.89. The fourth-order valence-electron chi connectivity index (χ4n) is 3.56. The molecule has 0 saturated carbocycles. The first-order valence-electron chi connectivity index (χ1n) is 9.40. The van der Waals surface area contributed by atoms with Crippen LogP contribution in [0.4, 0.5) is 17.1 Å². The van der Waals surface area contributed by atoms with Gasteiger partial charge < -0.3 is 10.6 Å². The molecular weight excluding hydrogens is 390 g/mol. The van der Waals surface area contributed by atoms with E-state index in [4.69, 9.17) is 0 Å². The van der Waals surface area contributed by atoms with Gasteiger partial charge in [0.15, 0.2) is 0 Å². The number of hydrogen-bond donors (Lipinski definition) is 2. The molecule has 0 bridgehead atoms. The fourth-order valence-corrected chi connectivity index (χ4v) is 5.11. The summed E-state index contributed by atoms with van der Waals surface area (Å²) in [5, 5.41) is 5.27. The highest BCUT2D eigenvalue weighted by atomic mass is 32.2. The van der Waals surface area contributed by atoms with E-state index in [2.05, 4.69) is 10.6 Å². The van der Waals surface area contributed by atoms with Gasteiger partial charge in [0.2, 0.25) is 10.0 Å². The number of nitrogens with zero attached hydrogens (tertiary/aromatic N) is 1.